The Morgan fingerprint density at radius 2 is 1.77 bits per heavy atom. The molecule has 2 aliphatic heterocycles. The van der Waals surface area contributed by atoms with Gasteiger partial charge in [-0.05, 0) is 12.5 Å². The lowest BCUT2D eigenvalue weighted by Gasteiger charge is -2.39. The highest BCUT2D eigenvalue weighted by atomic mass is 16.8. The summed E-state index contributed by atoms with van der Waals surface area (Å²) in [6, 6.07) is 6.89. The van der Waals surface area contributed by atoms with Gasteiger partial charge in [0.25, 0.3) is 5.91 Å². The van der Waals surface area contributed by atoms with Crippen LogP contribution in [0.1, 0.15) is 32.4 Å². The summed E-state index contributed by atoms with van der Waals surface area (Å²) in [5.74, 6) is -3.87. The molecule has 0 spiro atoms. The number of hydrogen-bond acceptors (Lipinski definition) is 7. The standard InChI is InChI=1S/C21H22N2O7/c1-12-16(19(26)28-5)17(13-9-7-6-8-10-13)23(20(27)22(12)4)15(24)11-14-18(25)30-21(2,3)29-14/h6-11,17H,1-5H3/b14-11-. The van der Waals surface area contributed by atoms with Gasteiger partial charge in [-0.1, -0.05) is 30.3 Å². The highest BCUT2D eigenvalue weighted by Gasteiger charge is 2.45. The number of carbonyl (C=O) groups excluding carboxylic acids is 4. The maximum atomic E-state index is 13.2. The van der Waals surface area contributed by atoms with Gasteiger partial charge in [-0.3, -0.25) is 4.79 Å². The molecular formula is C21H22N2O7. The maximum Gasteiger partial charge on any atom is 0.377 e. The summed E-state index contributed by atoms with van der Waals surface area (Å²) in [7, 11) is 2.67. The molecular weight excluding hydrogens is 392 g/mol. The van der Waals surface area contributed by atoms with Crippen LogP contribution >= 0.6 is 0 Å². The second-order valence-electron chi connectivity index (χ2n) is 7.25. The molecule has 158 valence electrons. The summed E-state index contributed by atoms with van der Waals surface area (Å²) < 4.78 is 15.3. The van der Waals surface area contributed by atoms with Crippen molar-refractivity contribution in [3.05, 3.63) is 59.0 Å². The predicted octanol–water partition coefficient (Wildman–Crippen LogP) is 2.26. The number of methoxy groups -OCH3 is 1. The molecule has 9 nitrogen and oxygen atoms in total. The number of nitrogens with zero attached hydrogens (tertiary/aromatic N) is 2. The first-order valence-corrected chi connectivity index (χ1v) is 9.16. The summed E-state index contributed by atoms with van der Waals surface area (Å²) in [4.78, 5) is 52.9. The van der Waals surface area contributed by atoms with E-state index in [1.54, 1.807) is 37.3 Å². The molecule has 3 rings (SSSR count). The fourth-order valence-electron chi connectivity index (χ4n) is 3.34. The van der Waals surface area contributed by atoms with Crippen molar-refractivity contribution in [3.8, 4) is 0 Å². The average molecular weight is 414 g/mol. The molecule has 1 aromatic rings. The zero-order chi connectivity index (χ0) is 22.2. The first kappa shape index (κ1) is 21.1. The Hall–Kier alpha value is -3.62. The van der Waals surface area contributed by atoms with Crippen LogP contribution in [0.25, 0.3) is 0 Å². The van der Waals surface area contributed by atoms with Crippen molar-refractivity contribution in [1.82, 2.24) is 9.80 Å². The number of imide groups is 1. The Balaban J connectivity index is 2.13. The van der Waals surface area contributed by atoms with Gasteiger partial charge in [-0.25, -0.2) is 19.3 Å². The molecule has 2 aliphatic rings. The van der Waals surface area contributed by atoms with Gasteiger partial charge in [-0.15, -0.1) is 0 Å². The Morgan fingerprint density at radius 1 is 1.13 bits per heavy atom. The van der Waals surface area contributed by atoms with E-state index in [1.807, 2.05) is 0 Å². The number of amides is 3. The third kappa shape index (κ3) is 3.66. The maximum absolute atomic E-state index is 13.2. The topological polar surface area (TPSA) is 102 Å². The van der Waals surface area contributed by atoms with Crippen LogP contribution in [0.15, 0.2) is 53.4 Å². The number of hydrogen-bond donors (Lipinski definition) is 0. The molecule has 1 unspecified atom stereocenters. The van der Waals surface area contributed by atoms with E-state index < -0.39 is 35.7 Å². The Kier molecular flexibility index (Phi) is 5.39. The van der Waals surface area contributed by atoms with E-state index in [0.717, 1.165) is 11.0 Å². The number of carbonyl (C=O) groups is 4. The second kappa shape index (κ2) is 7.66. The van der Waals surface area contributed by atoms with E-state index in [0.29, 0.717) is 11.3 Å². The first-order valence-electron chi connectivity index (χ1n) is 9.16. The van der Waals surface area contributed by atoms with Crippen LogP contribution < -0.4 is 0 Å². The van der Waals surface area contributed by atoms with Gasteiger partial charge >= 0.3 is 18.0 Å². The number of rotatable bonds is 3. The summed E-state index contributed by atoms with van der Waals surface area (Å²) >= 11 is 0. The lowest BCUT2D eigenvalue weighted by molar-refractivity contribution is -0.159. The molecule has 1 saturated heterocycles. The average Bonchev–Trinajstić information content (AvgIpc) is 2.96. The minimum absolute atomic E-state index is 0.132. The zero-order valence-corrected chi connectivity index (χ0v) is 17.3. The largest absolute Gasteiger partial charge is 0.466 e. The Morgan fingerprint density at radius 3 is 2.30 bits per heavy atom. The fraction of sp³-hybridized carbons (Fsp3) is 0.333. The molecule has 3 amide bonds. The molecule has 1 atom stereocenters. The van der Waals surface area contributed by atoms with Crippen molar-refractivity contribution in [2.75, 3.05) is 14.2 Å². The third-order valence-corrected chi connectivity index (χ3v) is 4.83. The zero-order valence-electron chi connectivity index (χ0n) is 17.3. The van der Waals surface area contributed by atoms with Crippen molar-refractivity contribution in [2.45, 2.75) is 32.6 Å². The van der Waals surface area contributed by atoms with E-state index >= 15 is 0 Å². The highest BCUT2D eigenvalue weighted by molar-refractivity contribution is 6.07. The molecule has 0 aliphatic carbocycles. The molecule has 1 fully saturated rings. The van der Waals surface area contributed by atoms with Crippen molar-refractivity contribution in [1.29, 1.82) is 0 Å². The number of ether oxygens (including phenoxy) is 3. The van der Waals surface area contributed by atoms with Crippen LogP contribution in [0.5, 0.6) is 0 Å². The van der Waals surface area contributed by atoms with E-state index in [2.05, 4.69) is 0 Å². The van der Waals surface area contributed by atoms with Gasteiger partial charge < -0.3 is 19.1 Å². The van der Waals surface area contributed by atoms with Crippen LogP contribution in [0.4, 0.5) is 4.79 Å². The summed E-state index contributed by atoms with van der Waals surface area (Å²) in [5.41, 5.74) is 1.02. The molecule has 0 bridgehead atoms. The molecule has 0 radical (unpaired) electrons. The molecule has 0 saturated carbocycles. The van der Waals surface area contributed by atoms with Crippen molar-refractivity contribution >= 4 is 23.9 Å². The molecule has 1 aromatic carbocycles. The number of urea groups is 1. The van der Waals surface area contributed by atoms with Gasteiger partial charge in [0.05, 0.1) is 18.8 Å². The summed E-state index contributed by atoms with van der Waals surface area (Å²) in [6.45, 7) is 4.63. The fourth-order valence-corrected chi connectivity index (χ4v) is 3.34. The SMILES string of the molecule is COC(=O)C1=C(C)N(C)C(=O)N(C(=O)/C=C2\OC(C)(C)OC2=O)C1c1ccccc1. The normalized spacial score (nSPS) is 22.2. The monoisotopic (exact) mass is 414 g/mol. The highest BCUT2D eigenvalue weighted by Crippen LogP contribution is 2.38. The van der Waals surface area contributed by atoms with Crippen LogP contribution in [-0.2, 0) is 28.6 Å². The van der Waals surface area contributed by atoms with E-state index in [-0.39, 0.29) is 11.3 Å². The van der Waals surface area contributed by atoms with Gasteiger partial charge in [0.15, 0.2) is 0 Å². The van der Waals surface area contributed by atoms with Gasteiger partial charge in [-0.2, -0.15) is 0 Å². The number of cyclic esters (lactones) is 1. The lowest BCUT2D eigenvalue weighted by Crippen LogP contribution is -2.51. The third-order valence-electron chi connectivity index (χ3n) is 4.83. The van der Waals surface area contributed by atoms with E-state index in [9.17, 15) is 19.2 Å². The van der Waals surface area contributed by atoms with Gasteiger partial charge in [0, 0.05) is 26.6 Å². The first-order chi connectivity index (χ1) is 14.1. The molecule has 0 N–H and O–H groups in total. The van der Waals surface area contributed by atoms with Crippen LogP contribution in [-0.4, -0.2) is 53.6 Å². The summed E-state index contributed by atoms with van der Waals surface area (Å²) in [6.07, 6.45) is 0.897. The molecule has 2 heterocycles. The number of esters is 2. The number of allylic oxidation sites excluding steroid dienone is 1. The van der Waals surface area contributed by atoms with Crippen LogP contribution in [0, 0.1) is 0 Å². The van der Waals surface area contributed by atoms with Crippen molar-refractivity contribution < 1.29 is 33.4 Å². The minimum Gasteiger partial charge on any atom is -0.466 e. The van der Waals surface area contributed by atoms with Crippen LogP contribution in [0.2, 0.25) is 0 Å². The molecule has 30 heavy (non-hydrogen) atoms. The molecule has 9 heteroatoms. The predicted molar refractivity (Wildman–Crippen MR) is 103 cm³/mol. The van der Waals surface area contributed by atoms with Crippen molar-refractivity contribution in [3.63, 3.8) is 0 Å². The van der Waals surface area contributed by atoms with Gasteiger partial charge in [0.2, 0.25) is 11.5 Å². The number of benzene rings is 1. The van der Waals surface area contributed by atoms with Crippen molar-refractivity contribution in [2.24, 2.45) is 0 Å². The lowest BCUT2D eigenvalue weighted by atomic mass is 9.93. The quantitative estimate of drug-likeness (QED) is 0.552. The summed E-state index contributed by atoms with van der Waals surface area (Å²) in [5, 5.41) is 0. The second-order valence-corrected chi connectivity index (χ2v) is 7.25. The Labute approximate surface area is 173 Å². The smallest absolute Gasteiger partial charge is 0.377 e. The van der Waals surface area contributed by atoms with E-state index in [4.69, 9.17) is 14.2 Å². The van der Waals surface area contributed by atoms with Crippen LogP contribution in [0.3, 0.4) is 0 Å². The van der Waals surface area contributed by atoms with Gasteiger partial charge in [0.1, 0.15) is 6.04 Å². The van der Waals surface area contributed by atoms with E-state index in [1.165, 1.54) is 32.9 Å². The minimum atomic E-state index is -1.22. The molecule has 0 aromatic heterocycles. The Bertz CT molecular complexity index is 978.